The van der Waals surface area contributed by atoms with Gasteiger partial charge in [-0.25, -0.2) is 4.79 Å². The van der Waals surface area contributed by atoms with Crippen LogP contribution >= 0.6 is 11.8 Å². The van der Waals surface area contributed by atoms with Gasteiger partial charge in [-0.15, -0.1) is 0 Å². The van der Waals surface area contributed by atoms with Gasteiger partial charge in [0.15, 0.2) is 0 Å². The van der Waals surface area contributed by atoms with Crippen LogP contribution in [0.5, 0.6) is 0 Å². The van der Waals surface area contributed by atoms with Crippen LogP contribution in [0.2, 0.25) is 0 Å². The highest BCUT2D eigenvalue weighted by atomic mass is 32.2. The van der Waals surface area contributed by atoms with E-state index in [1.165, 1.54) is 12.1 Å². The Bertz CT molecular complexity index is 828. The molecule has 0 fully saturated rings. The number of benzene rings is 2. The average molecular weight is 402 g/mol. The SMILES string of the molecule is CSCC[C@@H](NC(=O)c1ccccc1)C(=O)O[C@@H](C)c1cccc([N+](=O)[O-])c1. The monoisotopic (exact) mass is 402 g/mol. The molecule has 0 aliphatic rings. The van der Waals surface area contributed by atoms with Crippen molar-refractivity contribution in [1.82, 2.24) is 5.32 Å². The predicted molar refractivity (Wildman–Crippen MR) is 108 cm³/mol. The van der Waals surface area contributed by atoms with Crippen LogP contribution in [0.1, 0.15) is 35.4 Å². The number of ether oxygens (including phenoxy) is 1. The molecule has 0 spiro atoms. The summed E-state index contributed by atoms with van der Waals surface area (Å²) in [6, 6.07) is 13.8. The fraction of sp³-hybridized carbons (Fsp3) is 0.300. The zero-order chi connectivity index (χ0) is 20.5. The Balaban J connectivity index is 2.08. The molecule has 2 atom stereocenters. The second kappa shape index (κ2) is 10.5. The second-order valence-electron chi connectivity index (χ2n) is 6.10. The molecule has 0 radical (unpaired) electrons. The van der Waals surface area contributed by atoms with Crippen LogP contribution < -0.4 is 5.32 Å². The van der Waals surface area contributed by atoms with E-state index in [0.29, 0.717) is 23.3 Å². The molecule has 0 heterocycles. The van der Waals surface area contributed by atoms with Crippen LogP contribution in [-0.2, 0) is 9.53 Å². The number of nitro groups is 1. The predicted octanol–water partition coefficient (Wildman–Crippen LogP) is 3.75. The van der Waals surface area contributed by atoms with Gasteiger partial charge in [-0.2, -0.15) is 11.8 Å². The molecule has 2 aromatic rings. The first-order valence-corrected chi connectivity index (χ1v) is 10.1. The Hall–Kier alpha value is -2.87. The molecule has 1 amide bonds. The van der Waals surface area contributed by atoms with Crippen molar-refractivity contribution in [2.24, 2.45) is 0 Å². The summed E-state index contributed by atoms with van der Waals surface area (Å²) in [4.78, 5) is 35.5. The summed E-state index contributed by atoms with van der Waals surface area (Å²) in [7, 11) is 0. The first kappa shape index (κ1) is 21.4. The number of rotatable bonds is 9. The van der Waals surface area contributed by atoms with Gasteiger partial charge in [-0.05, 0) is 43.0 Å². The third-order valence-corrected chi connectivity index (χ3v) is 4.72. The summed E-state index contributed by atoms with van der Waals surface area (Å²) in [5, 5.41) is 13.6. The zero-order valence-electron chi connectivity index (χ0n) is 15.7. The number of thioether (sulfide) groups is 1. The number of hydrogen-bond acceptors (Lipinski definition) is 6. The third-order valence-electron chi connectivity index (χ3n) is 4.08. The Kier molecular flexibility index (Phi) is 8.01. The van der Waals surface area contributed by atoms with Gasteiger partial charge in [0, 0.05) is 17.7 Å². The van der Waals surface area contributed by atoms with Crippen LogP contribution in [-0.4, -0.2) is 34.9 Å². The minimum absolute atomic E-state index is 0.0725. The molecule has 2 rings (SSSR count). The van der Waals surface area contributed by atoms with E-state index < -0.39 is 23.0 Å². The average Bonchev–Trinajstić information content (AvgIpc) is 2.71. The van der Waals surface area contributed by atoms with Crippen molar-refractivity contribution in [1.29, 1.82) is 0 Å². The Morgan fingerprint density at radius 1 is 1.18 bits per heavy atom. The number of nitrogens with zero attached hydrogens (tertiary/aromatic N) is 1. The van der Waals surface area contributed by atoms with Gasteiger partial charge in [0.05, 0.1) is 4.92 Å². The minimum atomic E-state index is -0.804. The van der Waals surface area contributed by atoms with Gasteiger partial charge in [-0.3, -0.25) is 14.9 Å². The minimum Gasteiger partial charge on any atom is -0.456 e. The highest BCUT2D eigenvalue weighted by Crippen LogP contribution is 2.22. The first-order chi connectivity index (χ1) is 13.4. The maximum atomic E-state index is 12.6. The van der Waals surface area contributed by atoms with E-state index in [1.807, 2.05) is 6.26 Å². The van der Waals surface area contributed by atoms with Crippen molar-refractivity contribution < 1.29 is 19.2 Å². The molecule has 0 aromatic heterocycles. The van der Waals surface area contributed by atoms with Gasteiger partial charge in [0.25, 0.3) is 11.6 Å². The molecule has 148 valence electrons. The smallest absolute Gasteiger partial charge is 0.329 e. The number of amides is 1. The van der Waals surface area contributed by atoms with Gasteiger partial charge >= 0.3 is 5.97 Å². The van der Waals surface area contributed by atoms with Crippen molar-refractivity contribution in [2.75, 3.05) is 12.0 Å². The van der Waals surface area contributed by atoms with E-state index in [2.05, 4.69) is 5.32 Å². The number of non-ortho nitro benzene ring substituents is 1. The number of nitro benzene ring substituents is 1. The molecule has 0 aliphatic carbocycles. The summed E-state index contributed by atoms with van der Waals surface area (Å²) in [5.41, 5.74) is 0.897. The summed E-state index contributed by atoms with van der Waals surface area (Å²) in [5.74, 6) is -0.260. The van der Waals surface area contributed by atoms with E-state index in [1.54, 1.807) is 61.2 Å². The number of esters is 1. The van der Waals surface area contributed by atoms with Gasteiger partial charge in [-0.1, -0.05) is 30.3 Å². The second-order valence-corrected chi connectivity index (χ2v) is 7.09. The standard InChI is InChI=1S/C20H22N2O5S/c1-14(16-9-6-10-17(13-16)22(25)26)27-20(24)18(11-12-28-2)21-19(23)15-7-4-3-5-8-15/h3-10,13-14,18H,11-12H2,1-2H3,(H,21,23)/t14-,18+/m0/s1. The molecular weight excluding hydrogens is 380 g/mol. The van der Waals surface area contributed by atoms with E-state index in [0.717, 1.165) is 0 Å². The highest BCUT2D eigenvalue weighted by molar-refractivity contribution is 7.98. The fourth-order valence-electron chi connectivity index (χ4n) is 2.53. The molecule has 2 aromatic carbocycles. The van der Waals surface area contributed by atoms with Crippen LogP contribution in [0.3, 0.4) is 0 Å². The number of carbonyl (C=O) groups excluding carboxylic acids is 2. The van der Waals surface area contributed by atoms with E-state index >= 15 is 0 Å². The lowest BCUT2D eigenvalue weighted by molar-refractivity contribution is -0.385. The van der Waals surface area contributed by atoms with Crippen LogP contribution in [0.15, 0.2) is 54.6 Å². The Morgan fingerprint density at radius 3 is 2.54 bits per heavy atom. The summed E-state index contributed by atoms with van der Waals surface area (Å²) in [6.45, 7) is 1.64. The van der Waals surface area contributed by atoms with E-state index in [9.17, 15) is 19.7 Å². The van der Waals surface area contributed by atoms with Crippen molar-refractivity contribution in [3.05, 3.63) is 75.8 Å². The van der Waals surface area contributed by atoms with Crippen molar-refractivity contribution in [3.63, 3.8) is 0 Å². The van der Waals surface area contributed by atoms with E-state index in [4.69, 9.17) is 4.74 Å². The van der Waals surface area contributed by atoms with E-state index in [-0.39, 0.29) is 11.6 Å². The summed E-state index contributed by atoms with van der Waals surface area (Å²) >= 11 is 1.56. The zero-order valence-corrected chi connectivity index (χ0v) is 16.5. The molecule has 0 unspecified atom stereocenters. The van der Waals surface area contributed by atoms with Gasteiger partial charge in [0.2, 0.25) is 0 Å². The van der Waals surface area contributed by atoms with Crippen LogP contribution in [0, 0.1) is 10.1 Å². The van der Waals surface area contributed by atoms with Crippen molar-refractivity contribution in [2.45, 2.75) is 25.5 Å². The van der Waals surface area contributed by atoms with Crippen molar-refractivity contribution in [3.8, 4) is 0 Å². The Morgan fingerprint density at radius 2 is 1.89 bits per heavy atom. The molecule has 0 saturated carbocycles. The molecule has 7 nitrogen and oxygen atoms in total. The van der Waals surface area contributed by atoms with Crippen LogP contribution in [0.4, 0.5) is 5.69 Å². The van der Waals surface area contributed by atoms with Crippen LogP contribution in [0.25, 0.3) is 0 Å². The van der Waals surface area contributed by atoms with Gasteiger partial charge < -0.3 is 10.1 Å². The largest absolute Gasteiger partial charge is 0.456 e. The molecular formula is C20H22N2O5S. The molecule has 8 heteroatoms. The van der Waals surface area contributed by atoms with Gasteiger partial charge in [0.1, 0.15) is 12.1 Å². The molecule has 1 N–H and O–H groups in total. The molecule has 28 heavy (non-hydrogen) atoms. The fourth-order valence-corrected chi connectivity index (χ4v) is 3.00. The molecule has 0 saturated heterocycles. The number of carbonyl (C=O) groups is 2. The maximum Gasteiger partial charge on any atom is 0.329 e. The molecule has 0 aliphatic heterocycles. The number of hydrogen-bond donors (Lipinski definition) is 1. The third kappa shape index (κ3) is 6.09. The topological polar surface area (TPSA) is 98.5 Å². The van der Waals surface area contributed by atoms with Crippen molar-refractivity contribution >= 4 is 29.3 Å². The normalized spacial score (nSPS) is 12.6. The summed E-state index contributed by atoms with van der Waals surface area (Å²) in [6.07, 6.45) is 1.64. The Labute approximate surface area is 167 Å². The summed E-state index contributed by atoms with van der Waals surface area (Å²) < 4.78 is 5.48. The lowest BCUT2D eigenvalue weighted by atomic mass is 10.1. The highest BCUT2D eigenvalue weighted by Gasteiger charge is 2.25. The maximum absolute atomic E-state index is 12.6. The lowest BCUT2D eigenvalue weighted by Gasteiger charge is -2.20. The quantitative estimate of drug-likeness (QED) is 0.390. The number of nitrogens with one attached hydrogen (secondary N) is 1. The first-order valence-electron chi connectivity index (χ1n) is 8.72. The lowest BCUT2D eigenvalue weighted by Crippen LogP contribution is -2.42. The molecule has 0 bridgehead atoms.